The van der Waals surface area contributed by atoms with Crippen LogP contribution in [0.5, 0.6) is 0 Å². The largest absolute Gasteiger partial charge is 0.348 e. The van der Waals surface area contributed by atoms with Crippen LogP contribution >= 0.6 is 35.6 Å². The van der Waals surface area contributed by atoms with E-state index in [1.807, 2.05) is 6.92 Å². The Labute approximate surface area is 151 Å². The highest BCUT2D eigenvalue weighted by Crippen LogP contribution is 2.38. The van der Waals surface area contributed by atoms with Gasteiger partial charge in [-0.05, 0) is 43.9 Å². The fourth-order valence-corrected chi connectivity index (χ4v) is 2.60. The van der Waals surface area contributed by atoms with Gasteiger partial charge in [-0.25, -0.2) is 0 Å². The summed E-state index contributed by atoms with van der Waals surface area (Å²) in [6, 6.07) is 4.55. The van der Waals surface area contributed by atoms with Gasteiger partial charge in [0.1, 0.15) is 0 Å². The van der Waals surface area contributed by atoms with Gasteiger partial charge < -0.3 is 16.4 Å². The first-order valence-corrected chi connectivity index (χ1v) is 7.85. The first-order chi connectivity index (χ1) is 10.4. The highest BCUT2D eigenvalue weighted by Gasteiger charge is 2.41. The minimum absolute atomic E-state index is 0. The van der Waals surface area contributed by atoms with Crippen LogP contribution < -0.4 is 16.4 Å². The van der Waals surface area contributed by atoms with Crippen molar-refractivity contribution in [3.05, 3.63) is 33.8 Å². The molecule has 0 radical (unpaired) electrons. The van der Waals surface area contributed by atoms with E-state index in [1.165, 1.54) is 12.1 Å². The summed E-state index contributed by atoms with van der Waals surface area (Å²) in [4.78, 5) is 24.0. The second-order valence-corrected chi connectivity index (χ2v) is 6.57. The third kappa shape index (κ3) is 5.24. The van der Waals surface area contributed by atoms with Gasteiger partial charge in [0.2, 0.25) is 5.91 Å². The lowest BCUT2D eigenvalue weighted by molar-refractivity contribution is -0.122. The monoisotopic (exact) mass is 379 g/mol. The first-order valence-electron chi connectivity index (χ1n) is 7.10. The molecule has 2 amide bonds. The zero-order valence-electron chi connectivity index (χ0n) is 12.7. The van der Waals surface area contributed by atoms with Gasteiger partial charge >= 0.3 is 0 Å². The molecule has 8 heteroatoms. The summed E-state index contributed by atoms with van der Waals surface area (Å²) in [6.45, 7) is 2.20. The highest BCUT2D eigenvalue weighted by atomic mass is 35.5. The van der Waals surface area contributed by atoms with Crippen molar-refractivity contribution >= 4 is 47.4 Å². The van der Waals surface area contributed by atoms with Crippen molar-refractivity contribution in [1.29, 1.82) is 0 Å². The maximum absolute atomic E-state index is 12.0. The predicted molar refractivity (Wildman–Crippen MR) is 94.4 cm³/mol. The van der Waals surface area contributed by atoms with Gasteiger partial charge in [0, 0.05) is 12.1 Å². The van der Waals surface area contributed by atoms with Crippen LogP contribution in [0.15, 0.2) is 18.2 Å². The Morgan fingerprint density at radius 3 is 2.48 bits per heavy atom. The van der Waals surface area contributed by atoms with E-state index in [9.17, 15) is 9.59 Å². The second kappa shape index (κ2) is 8.20. The molecule has 5 nitrogen and oxygen atoms in total. The summed E-state index contributed by atoms with van der Waals surface area (Å²) in [7, 11) is 0. The van der Waals surface area contributed by atoms with Gasteiger partial charge in [0.05, 0.1) is 22.1 Å². The van der Waals surface area contributed by atoms with Gasteiger partial charge in [0.25, 0.3) is 5.91 Å². The molecule has 0 aliphatic heterocycles. The normalized spacial score (nSPS) is 16.0. The van der Waals surface area contributed by atoms with Gasteiger partial charge in [-0.15, -0.1) is 12.4 Å². The van der Waals surface area contributed by atoms with E-state index in [0.717, 1.165) is 12.8 Å². The van der Waals surface area contributed by atoms with E-state index < -0.39 is 5.54 Å². The van der Waals surface area contributed by atoms with E-state index in [2.05, 4.69) is 10.6 Å². The number of carbonyl (C=O) groups excluding carboxylic acids is 2. The van der Waals surface area contributed by atoms with E-state index in [0.29, 0.717) is 28.1 Å². The molecule has 1 aliphatic rings. The lowest BCUT2D eigenvalue weighted by atomic mass is 9.96. The number of benzene rings is 1. The van der Waals surface area contributed by atoms with Crippen molar-refractivity contribution in [3.63, 3.8) is 0 Å². The summed E-state index contributed by atoms with van der Waals surface area (Å²) in [5.74, 6) is -0.213. The molecule has 1 aliphatic carbocycles. The molecule has 1 fully saturated rings. The maximum Gasteiger partial charge on any atom is 0.251 e. The topological polar surface area (TPSA) is 84.2 Å². The van der Waals surface area contributed by atoms with Crippen LogP contribution in [0.1, 0.15) is 30.1 Å². The van der Waals surface area contributed by atoms with Crippen LogP contribution in [0.4, 0.5) is 0 Å². The Bertz CT molecular complexity index is 593. The van der Waals surface area contributed by atoms with Crippen LogP contribution in [0, 0.1) is 5.92 Å². The molecule has 1 aromatic carbocycles. The molecule has 1 saturated carbocycles. The van der Waals surface area contributed by atoms with Gasteiger partial charge in [-0.2, -0.15) is 0 Å². The van der Waals surface area contributed by atoms with Crippen molar-refractivity contribution < 1.29 is 9.59 Å². The van der Waals surface area contributed by atoms with Crippen LogP contribution in [0.3, 0.4) is 0 Å². The third-order valence-electron chi connectivity index (χ3n) is 3.92. The zero-order valence-corrected chi connectivity index (χ0v) is 15.0. The molecule has 2 rings (SSSR count). The Kier molecular flexibility index (Phi) is 7.14. The number of amides is 2. The SMILES string of the molecule is CC(CN)(NC(=O)CNC(=O)c1ccc(Cl)c(Cl)c1)C1CC1.Cl. The number of nitrogens with two attached hydrogens (primary N) is 1. The zero-order chi connectivity index (χ0) is 16.3. The van der Waals surface area contributed by atoms with Crippen molar-refractivity contribution in [2.75, 3.05) is 13.1 Å². The van der Waals surface area contributed by atoms with Gasteiger partial charge in [0.15, 0.2) is 0 Å². The van der Waals surface area contributed by atoms with Gasteiger partial charge in [-0.3, -0.25) is 9.59 Å². The first kappa shape index (κ1) is 20.0. The van der Waals surface area contributed by atoms with Crippen LogP contribution in [-0.4, -0.2) is 30.4 Å². The molecule has 0 bridgehead atoms. The molecule has 0 saturated heterocycles. The van der Waals surface area contributed by atoms with Crippen LogP contribution in [0.2, 0.25) is 10.0 Å². The average molecular weight is 381 g/mol. The molecule has 1 atom stereocenters. The van der Waals surface area contributed by atoms with E-state index in [-0.39, 0.29) is 30.8 Å². The molecule has 0 heterocycles. The highest BCUT2D eigenvalue weighted by molar-refractivity contribution is 6.42. The molecule has 1 unspecified atom stereocenters. The second-order valence-electron chi connectivity index (χ2n) is 5.76. The molecule has 0 spiro atoms. The molecule has 1 aromatic rings. The summed E-state index contributed by atoms with van der Waals surface area (Å²) >= 11 is 11.7. The van der Waals surface area contributed by atoms with Crippen LogP contribution in [0.25, 0.3) is 0 Å². The van der Waals surface area contributed by atoms with Crippen molar-refractivity contribution in [1.82, 2.24) is 10.6 Å². The Morgan fingerprint density at radius 2 is 1.96 bits per heavy atom. The lowest BCUT2D eigenvalue weighted by Gasteiger charge is -2.29. The number of rotatable bonds is 6. The lowest BCUT2D eigenvalue weighted by Crippen LogP contribution is -2.55. The number of nitrogens with one attached hydrogen (secondary N) is 2. The van der Waals surface area contributed by atoms with Crippen molar-refractivity contribution in [3.8, 4) is 0 Å². The summed E-state index contributed by atoms with van der Waals surface area (Å²) < 4.78 is 0. The van der Waals surface area contributed by atoms with Crippen molar-refractivity contribution in [2.24, 2.45) is 11.7 Å². The minimum Gasteiger partial charge on any atom is -0.348 e. The summed E-state index contributed by atoms with van der Waals surface area (Å²) in [6.07, 6.45) is 2.15. The molecule has 128 valence electrons. The predicted octanol–water partition coefficient (Wildman–Crippen LogP) is 2.39. The number of carbonyl (C=O) groups is 2. The number of hydrogen-bond donors (Lipinski definition) is 3. The maximum atomic E-state index is 12.0. The fourth-order valence-electron chi connectivity index (χ4n) is 2.30. The fraction of sp³-hybridized carbons (Fsp3) is 0.467. The Hall–Kier alpha value is -1.01. The van der Waals surface area contributed by atoms with E-state index in [4.69, 9.17) is 28.9 Å². The standard InChI is InChI=1S/C15H19Cl2N3O2.ClH/c1-15(8-18,10-3-4-10)20-13(21)7-19-14(22)9-2-5-11(16)12(17)6-9;/h2,5-6,10H,3-4,7-8,18H2,1H3,(H,19,22)(H,20,21);1H. The molecule has 23 heavy (non-hydrogen) atoms. The molecule has 4 N–H and O–H groups in total. The molecular formula is C15H20Cl3N3O2. The summed E-state index contributed by atoms with van der Waals surface area (Å²) in [5, 5.41) is 6.13. The number of halogens is 3. The Balaban J connectivity index is 0.00000264. The minimum atomic E-state index is -0.397. The van der Waals surface area contributed by atoms with Crippen LogP contribution in [-0.2, 0) is 4.79 Å². The average Bonchev–Trinajstić information content (AvgIpc) is 3.32. The van der Waals surface area contributed by atoms with E-state index in [1.54, 1.807) is 6.07 Å². The number of hydrogen-bond acceptors (Lipinski definition) is 3. The Morgan fingerprint density at radius 1 is 1.30 bits per heavy atom. The van der Waals surface area contributed by atoms with Gasteiger partial charge in [-0.1, -0.05) is 23.2 Å². The quantitative estimate of drug-likeness (QED) is 0.708. The molecular weight excluding hydrogens is 361 g/mol. The van der Waals surface area contributed by atoms with Crippen molar-refractivity contribution in [2.45, 2.75) is 25.3 Å². The third-order valence-corrected chi connectivity index (χ3v) is 4.66. The smallest absolute Gasteiger partial charge is 0.251 e. The summed E-state index contributed by atoms with van der Waals surface area (Å²) in [5.41, 5.74) is 5.70. The van der Waals surface area contributed by atoms with E-state index >= 15 is 0 Å². The molecule has 0 aromatic heterocycles.